The molecule has 0 radical (unpaired) electrons. The van der Waals surface area contributed by atoms with Gasteiger partial charge in [0.25, 0.3) is 0 Å². The second-order valence-electron chi connectivity index (χ2n) is 3.78. The number of likely N-dealkylation sites (N-methyl/N-ethyl adjacent to an activating group) is 1. The summed E-state index contributed by atoms with van der Waals surface area (Å²) in [5, 5.41) is 2.78. The van der Waals surface area contributed by atoms with Crippen LogP contribution in [-0.4, -0.2) is 32.3 Å². The Hall–Kier alpha value is -1.69. The zero-order valence-corrected chi connectivity index (χ0v) is 10.9. The van der Waals surface area contributed by atoms with Crippen molar-refractivity contribution in [1.82, 2.24) is 5.32 Å². The highest BCUT2D eigenvalue weighted by Crippen LogP contribution is 2.19. The van der Waals surface area contributed by atoms with E-state index in [0.29, 0.717) is 6.42 Å². The van der Waals surface area contributed by atoms with Crippen LogP contribution in [0.5, 0.6) is 5.75 Å². The van der Waals surface area contributed by atoms with E-state index in [-0.39, 0.29) is 19.0 Å². The van der Waals surface area contributed by atoms with E-state index >= 15 is 0 Å². The Morgan fingerprint density at radius 1 is 1.42 bits per heavy atom. The Morgan fingerprint density at radius 2 is 2.16 bits per heavy atom. The molecule has 0 saturated carbocycles. The molecule has 1 aromatic carbocycles. The molecule has 0 aliphatic rings. The first-order valence-electron chi connectivity index (χ1n) is 6.00. The van der Waals surface area contributed by atoms with Crippen molar-refractivity contribution >= 4 is 5.97 Å². The van der Waals surface area contributed by atoms with Crippen LogP contribution in [0, 0.1) is 11.6 Å². The van der Waals surface area contributed by atoms with Crippen LogP contribution in [0.2, 0.25) is 0 Å². The lowest BCUT2D eigenvalue weighted by Crippen LogP contribution is -2.36. The molecule has 0 saturated heterocycles. The monoisotopic (exact) mass is 273 g/mol. The summed E-state index contributed by atoms with van der Waals surface area (Å²) in [7, 11) is 1.62. The first-order valence-corrected chi connectivity index (χ1v) is 6.00. The number of rotatable bonds is 7. The van der Waals surface area contributed by atoms with Crippen LogP contribution in [0.15, 0.2) is 18.2 Å². The van der Waals surface area contributed by atoms with Crippen molar-refractivity contribution in [3.05, 3.63) is 29.8 Å². The molecule has 6 heteroatoms. The molecule has 106 valence electrons. The summed E-state index contributed by atoms with van der Waals surface area (Å²) in [5.41, 5.74) is 0. The highest BCUT2D eigenvalue weighted by atomic mass is 19.2. The van der Waals surface area contributed by atoms with Crippen LogP contribution in [-0.2, 0) is 9.53 Å². The van der Waals surface area contributed by atoms with E-state index in [1.54, 1.807) is 14.0 Å². The molecule has 1 atom stereocenters. The number of ether oxygens (including phenoxy) is 2. The van der Waals surface area contributed by atoms with Gasteiger partial charge in [0.05, 0.1) is 13.2 Å². The maximum Gasteiger partial charge on any atom is 0.323 e. The van der Waals surface area contributed by atoms with Gasteiger partial charge in [0.2, 0.25) is 5.82 Å². The second kappa shape index (κ2) is 7.68. The highest BCUT2D eigenvalue weighted by Gasteiger charge is 2.18. The number of hydrogen-bond acceptors (Lipinski definition) is 4. The van der Waals surface area contributed by atoms with Gasteiger partial charge in [-0.05, 0) is 26.1 Å². The topological polar surface area (TPSA) is 47.6 Å². The summed E-state index contributed by atoms with van der Waals surface area (Å²) in [5.74, 6) is -2.56. The molecule has 0 bridgehead atoms. The quantitative estimate of drug-likeness (QED) is 0.771. The van der Waals surface area contributed by atoms with Crippen molar-refractivity contribution in [3.63, 3.8) is 0 Å². The first-order chi connectivity index (χ1) is 9.10. The van der Waals surface area contributed by atoms with E-state index in [9.17, 15) is 13.6 Å². The third-order valence-electron chi connectivity index (χ3n) is 2.50. The molecule has 0 fully saturated rings. The Kier molecular flexibility index (Phi) is 6.21. The van der Waals surface area contributed by atoms with Gasteiger partial charge in [-0.2, -0.15) is 4.39 Å². The Bertz CT molecular complexity index is 426. The summed E-state index contributed by atoms with van der Waals surface area (Å²) in [6.45, 7) is 2.07. The van der Waals surface area contributed by atoms with Gasteiger partial charge >= 0.3 is 5.97 Å². The number of hydrogen-bond donors (Lipinski definition) is 1. The lowest BCUT2D eigenvalue weighted by molar-refractivity contribution is -0.145. The molecule has 19 heavy (non-hydrogen) atoms. The molecule has 0 spiro atoms. The molecule has 1 rings (SSSR count). The average molecular weight is 273 g/mol. The number of carbonyl (C=O) groups is 1. The molecule has 0 aromatic heterocycles. The SMILES string of the molecule is CCOC(=O)C(CCOc1cccc(F)c1F)NC. The number of carbonyl (C=O) groups excluding carboxylic acids is 1. The van der Waals surface area contributed by atoms with E-state index in [1.165, 1.54) is 12.1 Å². The molecule has 0 aliphatic heterocycles. The molecule has 0 heterocycles. The van der Waals surface area contributed by atoms with Crippen molar-refractivity contribution in [2.45, 2.75) is 19.4 Å². The lowest BCUT2D eigenvalue weighted by Gasteiger charge is -2.15. The largest absolute Gasteiger partial charge is 0.490 e. The van der Waals surface area contributed by atoms with E-state index in [0.717, 1.165) is 6.07 Å². The summed E-state index contributed by atoms with van der Waals surface area (Å²) < 4.78 is 36.2. The van der Waals surface area contributed by atoms with Crippen LogP contribution in [0.4, 0.5) is 8.78 Å². The van der Waals surface area contributed by atoms with Gasteiger partial charge in [-0.3, -0.25) is 4.79 Å². The van der Waals surface area contributed by atoms with Gasteiger partial charge in [0.1, 0.15) is 6.04 Å². The lowest BCUT2D eigenvalue weighted by atomic mass is 10.2. The van der Waals surface area contributed by atoms with Crippen LogP contribution in [0.3, 0.4) is 0 Å². The zero-order valence-electron chi connectivity index (χ0n) is 10.9. The smallest absolute Gasteiger partial charge is 0.323 e. The summed E-state index contributed by atoms with van der Waals surface area (Å²) in [6, 6.07) is 3.17. The van der Waals surface area contributed by atoms with Crippen molar-refractivity contribution in [1.29, 1.82) is 0 Å². The minimum atomic E-state index is -1.03. The number of benzene rings is 1. The molecule has 0 aliphatic carbocycles. The highest BCUT2D eigenvalue weighted by molar-refractivity contribution is 5.75. The fraction of sp³-hybridized carbons (Fsp3) is 0.462. The molecule has 1 N–H and O–H groups in total. The van der Waals surface area contributed by atoms with Gasteiger partial charge in [0, 0.05) is 6.42 Å². The van der Waals surface area contributed by atoms with Gasteiger partial charge in [-0.1, -0.05) is 6.07 Å². The van der Waals surface area contributed by atoms with E-state index in [2.05, 4.69) is 5.32 Å². The predicted octanol–water partition coefficient (Wildman–Crippen LogP) is 1.88. The second-order valence-corrected chi connectivity index (χ2v) is 3.78. The number of nitrogens with one attached hydrogen (secondary N) is 1. The maximum atomic E-state index is 13.3. The molecule has 1 aromatic rings. The van der Waals surface area contributed by atoms with Crippen molar-refractivity contribution in [2.24, 2.45) is 0 Å². The molecular formula is C13H17F2NO3. The number of esters is 1. The molecule has 0 amide bonds. The van der Waals surface area contributed by atoms with Crippen molar-refractivity contribution in [2.75, 3.05) is 20.3 Å². The van der Waals surface area contributed by atoms with Gasteiger partial charge in [-0.15, -0.1) is 0 Å². The minimum Gasteiger partial charge on any atom is -0.490 e. The van der Waals surface area contributed by atoms with Crippen molar-refractivity contribution in [3.8, 4) is 5.75 Å². The summed E-state index contributed by atoms with van der Waals surface area (Å²) in [4.78, 5) is 11.5. The van der Waals surface area contributed by atoms with Crippen molar-refractivity contribution < 1.29 is 23.0 Å². The van der Waals surface area contributed by atoms with Crippen LogP contribution >= 0.6 is 0 Å². The van der Waals surface area contributed by atoms with E-state index < -0.39 is 23.6 Å². The third kappa shape index (κ3) is 4.48. The molecule has 4 nitrogen and oxygen atoms in total. The van der Waals surface area contributed by atoms with Gasteiger partial charge < -0.3 is 14.8 Å². The third-order valence-corrected chi connectivity index (χ3v) is 2.50. The Labute approximate surface area is 110 Å². The standard InChI is InChI=1S/C13H17F2NO3/c1-3-18-13(17)10(16-2)7-8-19-11-6-4-5-9(14)12(11)15/h4-6,10,16H,3,7-8H2,1-2H3. The van der Waals surface area contributed by atoms with E-state index in [1.807, 2.05) is 0 Å². The minimum absolute atomic E-state index is 0.0741. The molecule has 1 unspecified atom stereocenters. The van der Waals surface area contributed by atoms with Crippen LogP contribution in [0.25, 0.3) is 0 Å². The number of halogens is 2. The Balaban J connectivity index is 2.48. The predicted molar refractivity (Wildman–Crippen MR) is 66.0 cm³/mol. The fourth-order valence-corrected chi connectivity index (χ4v) is 1.51. The molecular weight excluding hydrogens is 256 g/mol. The fourth-order valence-electron chi connectivity index (χ4n) is 1.51. The van der Waals surface area contributed by atoms with E-state index in [4.69, 9.17) is 9.47 Å². The first kappa shape index (κ1) is 15.4. The summed E-state index contributed by atoms with van der Waals surface area (Å²) in [6.07, 6.45) is 0.297. The Morgan fingerprint density at radius 3 is 2.79 bits per heavy atom. The summed E-state index contributed by atoms with van der Waals surface area (Å²) >= 11 is 0. The van der Waals surface area contributed by atoms with Gasteiger partial charge in [-0.25, -0.2) is 4.39 Å². The van der Waals surface area contributed by atoms with Crippen LogP contribution in [0.1, 0.15) is 13.3 Å². The van der Waals surface area contributed by atoms with Crippen LogP contribution < -0.4 is 10.1 Å². The normalized spacial score (nSPS) is 12.0. The maximum absolute atomic E-state index is 13.3. The zero-order chi connectivity index (χ0) is 14.3. The average Bonchev–Trinajstić information content (AvgIpc) is 2.39. The van der Waals surface area contributed by atoms with Gasteiger partial charge in [0.15, 0.2) is 11.6 Å².